The van der Waals surface area contributed by atoms with E-state index >= 15 is 0 Å². The summed E-state index contributed by atoms with van der Waals surface area (Å²) in [6, 6.07) is 1.40. The average Bonchev–Trinajstić information content (AvgIpc) is 2.11. The highest BCUT2D eigenvalue weighted by Crippen LogP contribution is 2.26. The molecule has 0 atom stereocenters. The van der Waals surface area contributed by atoms with Crippen LogP contribution in [-0.4, -0.2) is 19.5 Å². The molecule has 4 nitrogen and oxygen atoms in total. The number of hydrogen-bond donors (Lipinski definition) is 0. The quantitative estimate of drug-likeness (QED) is 0.766. The Morgan fingerprint density at radius 3 is 2.67 bits per heavy atom. The third-order valence-corrected chi connectivity index (χ3v) is 3.65. The lowest BCUT2D eigenvalue weighted by molar-refractivity contribution is 0.119. The van der Waals surface area contributed by atoms with Gasteiger partial charge in [0.05, 0.1) is 12.3 Å². The van der Waals surface area contributed by atoms with Crippen LogP contribution in [0.1, 0.15) is 19.3 Å². The van der Waals surface area contributed by atoms with Crippen molar-refractivity contribution in [2.45, 2.75) is 30.3 Å². The second-order valence-electron chi connectivity index (χ2n) is 3.46. The molecule has 1 aromatic heterocycles. The molecule has 15 heavy (non-hydrogen) atoms. The summed E-state index contributed by atoms with van der Waals surface area (Å²) in [5.41, 5.74) is 0. The van der Waals surface area contributed by atoms with Crippen LogP contribution in [0.4, 0.5) is 0 Å². The van der Waals surface area contributed by atoms with Crippen molar-refractivity contribution in [3.05, 3.63) is 18.5 Å². The van der Waals surface area contributed by atoms with Crippen LogP contribution in [0.2, 0.25) is 0 Å². The van der Waals surface area contributed by atoms with Gasteiger partial charge in [-0.15, -0.1) is 0 Å². The van der Waals surface area contributed by atoms with Gasteiger partial charge >= 0.3 is 0 Å². The average molecular weight is 248 g/mol. The van der Waals surface area contributed by atoms with Crippen molar-refractivity contribution in [1.82, 2.24) is 4.98 Å². The number of pyridine rings is 1. The molecule has 1 aliphatic rings. The van der Waals surface area contributed by atoms with Crippen molar-refractivity contribution < 1.29 is 13.2 Å². The van der Waals surface area contributed by atoms with Crippen LogP contribution in [0.15, 0.2) is 23.4 Å². The molecule has 0 aliphatic heterocycles. The molecule has 1 fully saturated rings. The fourth-order valence-electron chi connectivity index (χ4n) is 1.28. The van der Waals surface area contributed by atoms with Crippen LogP contribution in [0, 0.1) is 0 Å². The molecule has 6 heteroatoms. The van der Waals surface area contributed by atoms with E-state index < -0.39 is 9.05 Å². The molecule has 0 N–H and O–H groups in total. The lowest BCUT2D eigenvalue weighted by Gasteiger charge is -2.26. The third-order valence-electron chi connectivity index (χ3n) is 2.32. The van der Waals surface area contributed by atoms with Gasteiger partial charge < -0.3 is 4.74 Å². The first kappa shape index (κ1) is 10.7. The number of halogens is 1. The fourth-order valence-corrected chi connectivity index (χ4v) is 1.97. The van der Waals surface area contributed by atoms with Gasteiger partial charge in [-0.25, -0.2) is 8.42 Å². The predicted molar refractivity (Wildman–Crippen MR) is 55.5 cm³/mol. The van der Waals surface area contributed by atoms with Gasteiger partial charge in [0.15, 0.2) is 0 Å². The second kappa shape index (κ2) is 3.98. The van der Waals surface area contributed by atoms with Crippen molar-refractivity contribution >= 4 is 19.7 Å². The summed E-state index contributed by atoms with van der Waals surface area (Å²) >= 11 is 0. The van der Waals surface area contributed by atoms with E-state index in [1.54, 1.807) is 0 Å². The summed E-state index contributed by atoms with van der Waals surface area (Å²) in [4.78, 5) is 3.75. The van der Waals surface area contributed by atoms with Gasteiger partial charge in [-0.1, -0.05) is 0 Å². The zero-order valence-corrected chi connectivity index (χ0v) is 9.46. The highest BCUT2D eigenvalue weighted by atomic mass is 35.7. The van der Waals surface area contributed by atoms with Gasteiger partial charge in [0, 0.05) is 22.9 Å². The van der Waals surface area contributed by atoms with Crippen LogP contribution in [0.5, 0.6) is 5.75 Å². The van der Waals surface area contributed by atoms with Crippen molar-refractivity contribution in [3.8, 4) is 5.75 Å². The Kier molecular flexibility index (Phi) is 2.84. The van der Waals surface area contributed by atoms with Gasteiger partial charge in [-0.05, 0) is 19.3 Å². The molecule has 2 rings (SSSR count). The lowest BCUT2D eigenvalue weighted by atomic mass is 9.96. The Morgan fingerprint density at radius 2 is 2.13 bits per heavy atom. The molecule has 0 aromatic carbocycles. The van der Waals surface area contributed by atoms with Crippen molar-refractivity contribution in [2.24, 2.45) is 0 Å². The first-order valence-electron chi connectivity index (χ1n) is 4.62. The van der Waals surface area contributed by atoms with Gasteiger partial charge in [-0.2, -0.15) is 0 Å². The first-order chi connectivity index (χ1) is 7.05. The second-order valence-corrected chi connectivity index (χ2v) is 6.03. The normalized spacial score (nSPS) is 17.1. The van der Waals surface area contributed by atoms with Crippen LogP contribution < -0.4 is 4.74 Å². The molecule has 0 bridgehead atoms. The van der Waals surface area contributed by atoms with Crippen molar-refractivity contribution in [3.63, 3.8) is 0 Å². The molecule has 1 saturated carbocycles. The molecule has 82 valence electrons. The van der Waals surface area contributed by atoms with E-state index in [0.717, 1.165) is 19.3 Å². The Bertz CT molecular complexity index is 456. The highest BCUT2D eigenvalue weighted by molar-refractivity contribution is 8.13. The third kappa shape index (κ3) is 2.60. The summed E-state index contributed by atoms with van der Waals surface area (Å²) in [6.45, 7) is 0. The Hall–Kier alpha value is -0.810. The molecular formula is C9H10ClNO3S. The van der Waals surface area contributed by atoms with E-state index in [4.69, 9.17) is 15.4 Å². The largest absolute Gasteiger partial charge is 0.489 e. The Morgan fingerprint density at radius 1 is 1.40 bits per heavy atom. The van der Waals surface area contributed by atoms with E-state index in [-0.39, 0.29) is 11.0 Å². The molecule has 0 unspecified atom stereocenters. The first-order valence-corrected chi connectivity index (χ1v) is 6.93. The number of nitrogens with zero attached hydrogens (tertiary/aromatic N) is 1. The summed E-state index contributed by atoms with van der Waals surface area (Å²) < 4.78 is 27.5. The summed E-state index contributed by atoms with van der Waals surface area (Å²) in [5, 5.41) is 0. The van der Waals surface area contributed by atoms with Crippen LogP contribution in [-0.2, 0) is 9.05 Å². The zero-order chi connectivity index (χ0) is 10.9. The maximum atomic E-state index is 11.0. The smallest absolute Gasteiger partial charge is 0.262 e. The van der Waals surface area contributed by atoms with E-state index in [2.05, 4.69) is 4.98 Å². The molecular weight excluding hydrogens is 238 g/mol. The van der Waals surface area contributed by atoms with Gasteiger partial charge in [-0.3, -0.25) is 4.98 Å². The summed E-state index contributed by atoms with van der Waals surface area (Å²) in [5.74, 6) is 0.460. The summed E-state index contributed by atoms with van der Waals surface area (Å²) in [7, 11) is 1.47. The van der Waals surface area contributed by atoms with Gasteiger partial charge in [0.25, 0.3) is 9.05 Å². The van der Waals surface area contributed by atoms with Crippen molar-refractivity contribution in [2.75, 3.05) is 0 Å². The van der Waals surface area contributed by atoms with Crippen molar-refractivity contribution in [1.29, 1.82) is 0 Å². The Balaban J connectivity index is 2.18. The standard InChI is InChI=1S/C9H10ClNO3S/c10-15(12,13)9-4-8(5-11-6-9)14-7-2-1-3-7/h4-7H,1-3H2. The molecule has 0 spiro atoms. The zero-order valence-electron chi connectivity index (χ0n) is 7.89. The molecule has 0 radical (unpaired) electrons. The maximum Gasteiger partial charge on any atom is 0.262 e. The summed E-state index contributed by atoms with van der Waals surface area (Å²) in [6.07, 6.45) is 6.07. The fraction of sp³-hybridized carbons (Fsp3) is 0.444. The van der Waals surface area contributed by atoms with E-state index in [1.807, 2.05) is 0 Å². The molecule has 0 saturated heterocycles. The maximum absolute atomic E-state index is 11.0. The molecule has 1 aromatic rings. The van der Waals surface area contributed by atoms with Crippen LogP contribution in [0.25, 0.3) is 0 Å². The minimum atomic E-state index is -3.72. The van der Waals surface area contributed by atoms with E-state index in [9.17, 15) is 8.42 Å². The highest BCUT2D eigenvalue weighted by Gasteiger charge is 2.20. The number of aromatic nitrogens is 1. The SMILES string of the molecule is O=S(=O)(Cl)c1cncc(OC2CCC2)c1. The minimum Gasteiger partial charge on any atom is -0.489 e. The lowest BCUT2D eigenvalue weighted by Crippen LogP contribution is -2.24. The van der Waals surface area contributed by atoms with Crippen LogP contribution in [0.3, 0.4) is 0 Å². The molecule has 0 amide bonds. The predicted octanol–water partition coefficient (Wildman–Crippen LogP) is 1.94. The minimum absolute atomic E-state index is 0.0269. The molecule has 1 aliphatic carbocycles. The Labute approximate surface area is 92.7 Å². The number of hydrogen-bond acceptors (Lipinski definition) is 4. The number of rotatable bonds is 3. The van der Waals surface area contributed by atoms with Gasteiger partial charge in [0.1, 0.15) is 10.6 Å². The van der Waals surface area contributed by atoms with E-state index in [0.29, 0.717) is 5.75 Å². The topological polar surface area (TPSA) is 56.3 Å². The number of ether oxygens (including phenoxy) is 1. The monoisotopic (exact) mass is 247 g/mol. The van der Waals surface area contributed by atoms with Crippen LogP contribution >= 0.6 is 10.7 Å². The van der Waals surface area contributed by atoms with E-state index in [1.165, 1.54) is 18.5 Å². The molecule has 1 heterocycles. The van der Waals surface area contributed by atoms with Gasteiger partial charge in [0.2, 0.25) is 0 Å².